The average molecular weight is 318 g/mol. The average Bonchev–Trinajstić information content (AvgIpc) is 3.14. The molecule has 1 saturated heterocycles. The van der Waals surface area contributed by atoms with Gasteiger partial charge in [-0.25, -0.2) is 0 Å². The summed E-state index contributed by atoms with van der Waals surface area (Å²) in [5, 5.41) is 10.4. The molecule has 1 N–H and O–H groups in total. The van der Waals surface area contributed by atoms with Crippen LogP contribution in [0.3, 0.4) is 0 Å². The van der Waals surface area contributed by atoms with E-state index in [9.17, 15) is 9.90 Å². The number of epoxide rings is 1. The van der Waals surface area contributed by atoms with E-state index >= 15 is 0 Å². The normalized spacial score (nSPS) is 46.2. The third kappa shape index (κ3) is 3.06. The fourth-order valence-corrected chi connectivity index (χ4v) is 4.63. The van der Waals surface area contributed by atoms with Crippen LogP contribution in [0.1, 0.15) is 59.3 Å². The Balaban J connectivity index is 1.69. The Kier molecular flexibility index (Phi) is 4.09. The zero-order chi connectivity index (χ0) is 17.0. The second-order valence-corrected chi connectivity index (χ2v) is 8.49. The second-order valence-electron chi connectivity index (χ2n) is 8.49. The molecule has 2 saturated carbocycles. The van der Waals surface area contributed by atoms with Gasteiger partial charge in [-0.3, -0.25) is 4.79 Å². The van der Waals surface area contributed by atoms with E-state index in [1.54, 1.807) is 6.92 Å². The molecule has 0 radical (unpaired) electrons. The number of aliphatic hydroxyl groups is 1. The molecule has 3 rings (SSSR count). The van der Waals surface area contributed by atoms with E-state index in [1.807, 2.05) is 6.92 Å². The number of carbonyl (C=O) groups is 1. The monoisotopic (exact) mass is 318 g/mol. The van der Waals surface area contributed by atoms with Crippen molar-refractivity contribution >= 4 is 5.78 Å². The molecule has 2 aliphatic carbocycles. The Morgan fingerprint density at radius 1 is 1.30 bits per heavy atom. The van der Waals surface area contributed by atoms with Crippen LogP contribution in [0.15, 0.2) is 24.3 Å². The first-order chi connectivity index (χ1) is 10.6. The van der Waals surface area contributed by atoms with Crippen LogP contribution < -0.4 is 0 Å². The lowest BCUT2D eigenvalue weighted by atomic mass is 9.65. The van der Waals surface area contributed by atoms with Gasteiger partial charge in [-0.15, -0.1) is 0 Å². The van der Waals surface area contributed by atoms with Crippen molar-refractivity contribution in [2.24, 2.45) is 17.8 Å². The number of carbonyl (C=O) groups excluding carboxylic acids is 1. The van der Waals surface area contributed by atoms with Crippen LogP contribution in [0.5, 0.6) is 0 Å². The number of ether oxygens (including phenoxy) is 1. The molecule has 1 heterocycles. The highest BCUT2D eigenvalue weighted by Crippen LogP contribution is 2.51. The molecule has 3 heteroatoms. The van der Waals surface area contributed by atoms with E-state index in [4.69, 9.17) is 4.74 Å². The third-order valence-electron chi connectivity index (χ3n) is 6.51. The first-order valence-electron chi connectivity index (χ1n) is 8.91. The van der Waals surface area contributed by atoms with Crippen molar-refractivity contribution in [2.75, 3.05) is 0 Å². The number of ketones is 1. The number of allylic oxidation sites excluding steroid dienone is 2. The second kappa shape index (κ2) is 5.56. The van der Waals surface area contributed by atoms with Crippen LogP contribution in [-0.4, -0.2) is 28.2 Å². The predicted molar refractivity (Wildman–Crippen MR) is 91.0 cm³/mol. The zero-order valence-corrected chi connectivity index (χ0v) is 14.7. The fraction of sp³-hybridized carbons (Fsp3) is 0.750. The van der Waals surface area contributed by atoms with Gasteiger partial charge in [0.1, 0.15) is 5.60 Å². The minimum Gasteiger partial charge on any atom is -0.382 e. The summed E-state index contributed by atoms with van der Waals surface area (Å²) < 4.78 is 5.79. The highest BCUT2D eigenvalue weighted by molar-refractivity contribution is 5.90. The molecule has 0 aromatic carbocycles. The van der Waals surface area contributed by atoms with Crippen LogP contribution in [0.4, 0.5) is 0 Å². The van der Waals surface area contributed by atoms with Crippen molar-refractivity contribution in [3.8, 4) is 0 Å². The van der Waals surface area contributed by atoms with Gasteiger partial charge in [0.05, 0.1) is 11.7 Å². The van der Waals surface area contributed by atoms with Crippen LogP contribution in [0.2, 0.25) is 0 Å². The fourth-order valence-electron chi connectivity index (χ4n) is 4.63. The molecule has 1 aliphatic heterocycles. The van der Waals surface area contributed by atoms with E-state index in [0.717, 1.165) is 36.8 Å². The summed E-state index contributed by atoms with van der Waals surface area (Å²) in [5.41, 5.74) is 1.13. The summed E-state index contributed by atoms with van der Waals surface area (Å²) in [6.07, 6.45) is 5.64. The van der Waals surface area contributed by atoms with Gasteiger partial charge in [0.25, 0.3) is 0 Å². The summed E-state index contributed by atoms with van der Waals surface area (Å²) in [5.74, 6) is 0.421. The molecule has 6 atom stereocenters. The van der Waals surface area contributed by atoms with Crippen molar-refractivity contribution in [1.82, 2.24) is 0 Å². The van der Waals surface area contributed by atoms with Gasteiger partial charge < -0.3 is 9.84 Å². The van der Waals surface area contributed by atoms with E-state index in [2.05, 4.69) is 20.1 Å². The molecule has 23 heavy (non-hydrogen) atoms. The molecule has 0 aromatic rings. The number of Topliss-reactive ketones (excluding diaryl/α,β-unsaturated/α-hetero) is 1. The van der Waals surface area contributed by atoms with E-state index in [-0.39, 0.29) is 23.2 Å². The van der Waals surface area contributed by atoms with Gasteiger partial charge in [-0.05, 0) is 71.1 Å². The Morgan fingerprint density at radius 2 is 2.00 bits per heavy atom. The zero-order valence-electron chi connectivity index (χ0n) is 14.7. The number of rotatable bonds is 4. The maximum absolute atomic E-state index is 12.7. The molecule has 3 aliphatic rings. The number of fused-ring (bicyclic) bond motifs is 1. The van der Waals surface area contributed by atoms with Crippen molar-refractivity contribution in [3.63, 3.8) is 0 Å². The smallest absolute Gasteiger partial charge is 0.168 e. The topological polar surface area (TPSA) is 49.8 Å². The number of hydrogen-bond donors (Lipinski definition) is 1. The molecule has 3 nitrogen and oxygen atoms in total. The molecule has 0 amide bonds. The van der Waals surface area contributed by atoms with Crippen LogP contribution in [0, 0.1) is 17.8 Å². The van der Waals surface area contributed by atoms with Crippen LogP contribution >= 0.6 is 0 Å². The molecule has 0 spiro atoms. The first kappa shape index (κ1) is 16.9. The molecule has 3 fully saturated rings. The van der Waals surface area contributed by atoms with E-state index in [1.165, 1.54) is 0 Å². The molecular formula is C20H30O3. The predicted octanol–water partition coefficient (Wildman–Crippen LogP) is 3.81. The Bertz CT molecular complexity index is 547. The van der Waals surface area contributed by atoms with Crippen molar-refractivity contribution < 1.29 is 14.6 Å². The lowest BCUT2D eigenvalue weighted by molar-refractivity contribution is -0.146. The van der Waals surface area contributed by atoms with Gasteiger partial charge in [0.2, 0.25) is 0 Å². The van der Waals surface area contributed by atoms with E-state index < -0.39 is 5.60 Å². The number of hydrogen-bond acceptors (Lipinski definition) is 3. The Labute approximate surface area is 139 Å². The van der Waals surface area contributed by atoms with Gasteiger partial charge >= 0.3 is 0 Å². The van der Waals surface area contributed by atoms with Crippen molar-refractivity contribution in [3.05, 3.63) is 24.3 Å². The molecule has 0 unspecified atom stereocenters. The first-order valence-corrected chi connectivity index (χ1v) is 8.91. The summed E-state index contributed by atoms with van der Waals surface area (Å²) in [7, 11) is 0. The molecule has 0 bridgehead atoms. The summed E-state index contributed by atoms with van der Waals surface area (Å²) in [4.78, 5) is 12.7. The minimum atomic E-state index is -1.19. The van der Waals surface area contributed by atoms with Crippen LogP contribution in [-0.2, 0) is 9.53 Å². The summed E-state index contributed by atoms with van der Waals surface area (Å²) >= 11 is 0. The van der Waals surface area contributed by atoms with Crippen molar-refractivity contribution in [2.45, 2.75) is 76.6 Å². The molecular weight excluding hydrogens is 288 g/mol. The van der Waals surface area contributed by atoms with Gasteiger partial charge in [-0.2, -0.15) is 0 Å². The quantitative estimate of drug-likeness (QED) is 0.633. The Morgan fingerprint density at radius 3 is 2.61 bits per heavy atom. The SMILES string of the molecule is C=C(C[C@@H]1C(=O)[C@@](C)(O)CC[C@H]1C(=C)C)[C@H]1CC[C@@]2(C)O[C@H]2C1. The highest BCUT2D eigenvalue weighted by atomic mass is 16.6. The lowest BCUT2D eigenvalue weighted by Crippen LogP contribution is -2.47. The maximum Gasteiger partial charge on any atom is 0.168 e. The maximum atomic E-state index is 12.7. The van der Waals surface area contributed by atoms with Crippen molar-refractivity contribution in [1.29, 1.82) is 0 Å². The standard InChI is InChI=1S/C20H30O3/c1-12(2)15-7-8-19(4,22)18(21)16(15)10-13(3)14-6-9-20(5)17(11-14)23-20/h14-17,22H,1,3,6-11H2,2,4-5H3/t14-,15-,16-,17-,19-,20+/m0/s1. The summed E-state index contributed by atoms with van der Waals surface area (Å²) in [6.45, 7) is 14.2. The van der Waals surface area contributed by atoms with Crippen LogP contribution in [0.25, 0.3) is 0 Å². The molecule has 0 aromatic heterocycles. The molecule has 128 valence electrons. The largest absolute Gasteiger partial charge is 0.382 e. The third-order valence-corrected chi connectivity index (χ3v) is 6.51. The highest BCUT2D eigenvalue weighted by Gasteiger charge is 2.55. The van der Waals surface area contributed by atoms with Gasteiger partial charge in [0, 0.05) is 5.92 Å². The minimum absolute atomic E-state index is 0.0266. The summed E-state index contributed by atoms with van der Waals surface area (Å²) in [6, 6.07) is 0. The van der Waals surface area contributed by atoms with E-state index in [0.29, 0.717) is 24.9 Å². The lowest BCUT2D eigenvalue weighted by Gasteiger charge is -2.40. The van der Waals surface area contributed by atoms with Gasteiger partial charge in [0.15, 0.2) is 5.78 Å². The van der Waals surface area contributed by atoms with Gasteiger partial charge in [-0.1, -0.05) is 24.3 Å². The Hall–Kier alpha value is -0.930.